The van der Waals surface area contributed by atoms with Gasteiger partial charge in [0.1, 0.15) is 11.5 Å². The molecule has 0 aromatic heterocycles. The van der Waals surface area contributed by atoms with Gasteiger partial charge in [-0.05, 0) is 13.3 Å². The summed E-state index contributed by atoms with van der Waals surface area (Å²) < 4.78 is 0. The van der Waals surface area contributed by atoms with Crippen molar-refractivity contribution in [3.8, 4) is 0 Å². The summed E-state index contributed by atoms with van der Waals surface area (Å²) in [5, 5.41) is 2.44. The van der Waals surface area contributed by atoms with E-state index in [2.05, 4.69) is 5.32 Å². The number of rotatable bonds is 4. The van der Waals surface area contributed by atoms with E-state index >= 15 is 0 Å². The number of nitrogens with zero attached hydrogens (tertiary/aromatic N) is 1. The summed E-state index contributed by atoms with van der Waals surface area (Å²) in [4.78, 5) is 34.6. The standard InChI is InChI=1S/C10H14N2O3/c1-3-4-5-8-9(14)12(6-7(2)13)10(15)11-8/h5H,3-4,6H2,1-2H3,(H,11,15). The van der Waals surface area contributed by atoms with Gasteiger partial charge in [-0.25, -0.2) is 4.79 Å². The highest BCUT2D eigenvalue weighted by Crippen LogP contribution is 2.10. The number of hydrogen-bond acceptors (Lipinski definition) is 3. The number of carbonyl (C=O) groups excluding carboxylic acids is 3. The van der Waals surface area contributed by atoms with Crippen molar-refractivity contribution in [2.45, 2.75) is 26.7 Å². The fourth-order valence-corrected chi connectivity index (χ4v) is 1.27. The highest BCUT2D eigenvalue weighted by atomic mass is 16.2. The van der Waals surface area contributed by atoms with Crippen LogP contribution in [0.5, 0.6) is 0 Å². The average molecular weight is 210 g/mol. The van der Waals surface area contributed by atoms with Crippen molar-refractivity contribution in [1.82, 2.24) is 10.2 Å². The van der Waals surface area contributed by atoms with E-state index in [9.17, 15) is 14.4 Å². The van der Waals surface area contributed by atoms with Gasteiger partial charge in [0.25, 0.3) is 5.91 Å². The lowest BCUT2D eigenvalue weighted by molar-refractivity contribution is -0.127. The Bertz CT molecular complexity index is 334. The number of hydrogen-bond donors (Lipinski definition) is 1. The van der Waals surface area contributed by atoms with Crippen LogP contribution in [0.3, 0.4) is 0 Å². The Hall–Kier alpha value is -1.65. The third-order valence-corrected chi connectivity index (χ3v) is 1.98. The second kappa shape index (κ2) is 4.72. The van der Waals surface area contributed by atoms with Crippen LogP contribution < -0.4 is 5.32 Å². The summed E-state index contributed by atoms with van der Waals surface area (Å²) in [6.45, 7) is 3.16. The molecule has 82 valence electrons. The Balaban J connectivity index is 2.74. The number of imide groups is 1. The zero-order valence-electron chi connectivity index (χ0n) is 8.87. The predicted molar refractivity (Wildman–Crippen MR) is 53.9 cm³/mol. The predicted octanol–water partition coefficient (Wildman–Crippen LogP) is 0.811. The summed E-state index contributed by atoms with van der Waals surface area (Å²) in [6, 6.07) is -0.516. The molecule has 0 bridgehead atoms. The number of Topliss-reactive ketones (excluding diaryl/α,β-unsaturated/α-hetero) is 1. The minimum atomic E-state index is -0.516. The van der Waals surface area contributed by atoms with Crippen LogP contribution in [0, 0.1) is 0 Å². The maximum Gasteiger partial charge on any atom is 0.329 e. The van der Waals surface area contributed by atoms with Crippen LogP contribution in [-0.2, 0) is 9.59 Å². The highest BCUT2D eigenvalue weighted by molar-refractivity contribution is 6.13. The van der Waals surface area contributed by atoms with Gasteiger partial charge in [-0.3, -0.25) is 14.5 Å². The van der Waals surface area contributed by atoms with Gasteiger partial charge in [-0.15, -0.1) is 0 Å². The van der Waals surface area contributed by atoms with Crippen LogP contribution in [0.25, 0.3) is 0 Å². The van der Waals surface area contributed by atoms with E-state index in [-0.39, 0.29) is 18.0 Å². The van der Waals surface area contributed by atoms with Gasteiger partial charge in [0, 0.05) is 0 Å². The van der Waals surface area contributed by atoms with Crippen molar-refractivity contribution in [3.63, 3.8) is 0 Å². The van der Waals surface area contributed by atoms with Crippen LogP contribution in [0.2, 0.25) is 0 Å². The van der Waals surface area contributed by atoms with Crippen molar-refractivity contribution < 1.29 is 14.4 Å². The monoisotopic (exact) mass is 210 g/mol. The van der Waals surface area contributed by atoms with Crippen molar-refractivity contribution in [2.75, 3.05) is 6.54 Å². The second-order valence-corrected chi connectivity index (χ2v) is 3.43. The van der Waals surface area contributed by atoms with Crippen molar-refractivity contribution in [3.05, 3.63) is 11.8 Å². The first-order valence-electron chi connectivity index (χ1n) is 4.88. The summed E-state index contributed by atoms with van der Waals surface area (Å²) in [5.41, 5.74) is 0.281. The smallest absolute Gasteiger partial charge is 0.303 e. The molecule has 1 saturated heterocycles. The number of carbonyl (C=O) groups is 3. The molecule has 0 atom stereocenters. The molecule has 0 aromatic rings. The number of urea groups is 1. The molecule has 1 aliphatic rings. The van der Waals surface area contributed by atoms with E-state index in [4.69, 9.17) is 0 Å². The molecule has 1 aliphatic heterocycles. The largest absolute Gasteiger partial charge is 0.329 e. The fourth-order valence-electron chi connectivity index (χ4n) is 1.27. The van der Waals surface area contributed by atoms with E-state index < -0.39 is 11.9 Å². The van der Waals surface area contributed by atoms with Gasteiger partial charge < -0.3 is 5.32 Å². The van der Waals surface area contributed by atoms with Crippen LogP contribution in [0.4, 0.5) is 4.79 Å². The molecule has 15 heavy (non-hydrogen) atoms. The highest BCUT2D eigenvalue weighted by Gasteiger charge is 2.33. The SMILES string of the molecule is CCCC=C1NC(=O)N(CC(C)=O)C1=O. The molecule has 0 unspecified atom stereocenters. The molecule has 1 N–H and O–H groups in total. The van der Waals surface area contributed by atoms with Crippen LogP contribution in [0.15, 0.2) is 11.8 Å². The Morgan fingerprint density at radius 1 is 1.47 bits per heavy atom. The number of allylic oxidation sites excluding steroid dienone is 1. The minimum absolute atomic E-state index is 0.159. The van der Waals surface area contributed by atoms with E-state index in [1.165, 1.54) is 6.92 Å². The quantitative estimate of drug-likeness (QED) is 0.551. The molecule has 0 aromatic carbocycles. The first kappa shape index (κ1) is 11.4. The molecule has 1 heterocycles. The first-order chi connectivity index (χ1) is 7.06. The lowest BCUT2D eigenvalue weighted by Crippen LogP contribution is -2.34. The summed E-state index contributed by atoms with van der Waals surface area (Å²) >= 11 is 0. The summed E-state index contributed by atoms with van der Waals surface area (Å²) in [7, 11) is 0. The van der Waals surface area contributed by atoms with E-state index in [0.29, 0.717) is 0 Å². The van der Waals surface area contributed by atoms with Gasteiger partial charge in [-0.1, -0.05) is 19.4 Å². The van der Waals surface area contributed by atoms with Gasteiger partial charge in [0.05, 0.1) is 6.54 Å². The number of ketones is 1. The molecule has 0 saturated carbocycles. The molecule has 0 spiro atoms. The Labute approximate surface area is 88.1 Å². The zero-order chi connectivity index (χ0) is 11.4. The van der Waals surface area contributed by atoms with Crippen molar-refractivity contribution >= 4 is 17.7 Å². The Morgan fingerprint density at radius 2 is 2.13 bits per heavy atom. The molecule has 5 heteroatoms. The second-order valence-electron chi connectivity index (χ2n) is 3.43. The van der Waals surface area contributed by atoms with Gasteiger partial charge in [0.2, 0.25) is 0 Å². The molecular weight excluding hydrogens is 196 g/mol. The summed E-state index contributed by atoms with van der Waals surface area (Å²) in [6.07, 6.45) is 3.31. The van der Waals surface area contributed by atoms with Gasteiger partial charge in [-0.2, -0.15) is 0 Å². The molecule has 5 nitrogen and oxygen atoms in total. The van der Waals surface area contributed by atoms with E-state index in [1.54, 1.807) is 6.08 Å². The lowest BCUT2D eigenvalue weighted by Gasteiger charge is -2.07. The van der Waals surface area contributed by atoms with E-state index in [0.717, 1.165) is 17.7 Å². The molecule has 1 rings (SSSR count). The van der Waals surface area contributed by atoms with Crippen molar-refractivity contribution in [2.24, 2.45) is 0 Å². The fraction of sp³-hybridized carbons (Fsp3) is 0.500. The first-order valence-corrected chi connectivity index (χ1v) is 4.88. The molecule has 0 aliphatic carbocycles. The van der Waals surface area contributed by atoms with Gasteiger partial charge >= 0.3 is 6.03 Å². The minimum Gasteiger partial charge on any atom is -0.303 e. The zero-order valence-corrected chi connectivity index (χ0v) is 8.87. The lowest BCUT2D eigenvalue weighted by atomic mass is 10.2. The maximum atomic E-state index is 11.6. The number of unbranched alkanes of at least 4 members (excludes halogenated alkanes) is 1. The Morgan fingerprint density at radius 3 is 2.67 bits per heavy atom. The van der Waals surface area contributed by atoms with Crippen LogP contribution >= 0.6 is 0 Å². The van der Waals surface area contributed by atoms with Crippen LogP contribution in [-0.4, -0.2) is 29.2 Å². The summed E-state index contributed by atoms with van der Waals surface area (Å²) in [5.74, 6) is -0.626. The third-order valence-electron chi connectivity index (χ3n) is 1.98. The van der Waals surface area contributed by atoms with Crippen molar-refractivity contribution in [1.29, 1.82) is 0 Å². The van der Waals surface area contributed by atoms with Gasteiger partial charge in [0.15, 0.2) is 0 Å². The number of amides is 3. The molecule has 1 fully saturated rings. The third kappa shape index (κ3) is 2.65. The molecule has 3 amide bonds. The normalized spacial score (nSPS) is 18.5. The number of nitrogens with one attached hydrogen (secondary N) is 1. The average Bonchev–Trinajstić information content (AvgIpc) is 2.42. The van der Waals surface area contributed by atoms with Crippen LogP contribution in [0.1, 0.15) is 26.7 Å². The van der Waals surface area contributed by atoms with E-state index in [1.807, 2.05) is 6.92 Å². The molecular formula is C10H14N2O3. The Kier molecular flexibility index (Phi) is 3.60. The maximum absolute atomic E-state index is 11.6. The molecule has 0 radical (unpaired) electrons. The topological polar surface area (TPSA) is 66.5 Å².